The monoisotopic (exact) mass is 650 g/mol. The zero-order valence-electron chi connectivity index (χ0n) is 28.1. The SMILES string of the molecule is CC(NC1(OCc2cc3ccccc3c3ccc4ccccc4c23)CCCc2ccccc21)c1nc(-c2ccccc2)c(-c2ccccc2)o1. The van der Waals surface area contributed by atoms with Crippen molar-refractivity contribution in [2.75, 3.05) is 0 Å². The maximum absolute atomic E-state index is 7.31. The minimum Gasteiger partial charge on any atom is -0.438 e. The smallest absolute Gasteiger partial charge is 0.212 e. The van der Waals surface area contributed by atoms with E-state index in [1.165, 1.54) is 49.0 Å². The van der Waals surface area contributed by atoms with Gasteiger partial charge in [0.1, 0.15) is 11.4 Å². The largest absolute Gasteiger partial charge is 0.438 e. The number of nitrogens with zero attached hydrogens (tertiary/aromatic N) is 1. The Morgan fingerprint density at radius 3 is 2.20 bits per heavy atom. The summed E-state index contributed by atoms with van der Waals surface area (Å²) in [6.07, 6.45) is 2.86. The van der Waals surface area contributed by atoms with Gasteiger partial charge in [0.25, 0.3) is 0 Å². The number of hydrogen-bond donors (Lipinski definition) is 1. The molecule has 4 nitrogen and oxygen atoms in total. The van der Waals surface area contributed by atoms with Crippen LogP contribution in [-0.2, 0) is 23.5 Å². The van der Waals surface area contributed by atoms with Gasteiger partial charge in [0.05, 0.1) is 12.6 Å². The van der Waals surface area contributed by atoms with Gasteiger partial charge in [0.15, 0.2) is 5.76 Å². The predicted molar refractivity (Wildman–Crippen MR) is 204 cm³/mol. The van der Waals surface area contributed by atoms with Gasteiger partial charge in [-0.05, 0) is 75.7 Å². The Morgan fingerprint density at radius 2 is 1.38 bits per heavy atom. The highest BCUT2D eigenvalue weighted by Crippen LogP contribution is 2.42. The molecule has 50 heavy (non-hydrogen) atoms. The molecule has 9 rings (SSSR count). The van der Waals surface area contributed by atoms with Gasteiger partial charge in [0, 0.05) is 16.7 Å². The number of nitrogens with one attached hydrogen (secondary N) is 1. The summed E-state index contributed by atoms with van der Waals surface area (Å²) < 4.78 is 14.0. The van der Waals surface area contributed by atoms with E-state index in [0.717, 1.165) is 41.8 Å². The molecule has 0 bridgehead atoms. The molecule has 1 N–H and O–H groups in total. The number of aromatic nitrogens is 1. The molecule has 2 unspecified atom stereocenters. The van der Waals surface area contributed by atoms with Crippen molar-refractivity contribution in [1.29, 1.82) is 0 Å². The van der Waals surface area contributed by atoms with Crippen molar-refractivity contribution in [2.24, 2.45) is 0 Å². The van der Waals surface area contributed by atoms with E-state index >= 15 is 0 Å². The molecule has 0 saturated heterocycles. The summed E-state index contributed by atoms with van der Waals surface area (Å²) >= 11 is 0. The average molecular weight is 651 g/mol. The minimum atomic E-state index is -0.745. The van der Waals surface area contributed by atoms with Crippen molar-refractivity contribution < 1.29 is 9.15 Å². The molecule has 0 fully saturated rings. The fraction of sp³-hybridized carbons (Fsp3) is 0.152. The van der Waals surface area contributed by atoms with Crippen LogP contribution in [0.25, 0.3) is 54.9 Å². The molecular weight excluding hydrogens is 613 g/mol. The number of benzene rings is 7. The fourth-order valence-corrected chi connectivity index (χ4v) is 7.93. The molecule has 1 aromatic heterocycles. The fourth-order valence-electron chi connectivity index (χ4n) is 7.93. The lowest BCUT2D eigenvalue weighted by atomic mass is 9.84. The molecule has 1 aliphatic rings. The van der Waals surface area contributed by atoms with Crippen LogP contribution in [0.2, 0.25) is 0 Å². The molecule has 0 radical (unpaired) electrons. The number of aryl methyl sites for hydroxylation is 1. The summed E-state index contributed by atoms with van der Waals surface area (Å²) in [6, 6.07) is 53.2. The molecule has 1 aliphatic carbocycles. The van der Waals surface area contributed by atoms with Crippen molar-refractivity contribution in [1.82, 2.24) is 10.3 Å². The van der Waals surface area contributed by atoms with Gasteiger partial charge in [0.2, 0.25) is 5.89 Å². The molecule has 8 aromatic rings. The third-order valence-corrected chi connectivity index (χ3v) is 10.3. The Balaban J connectivity index is 1.14. The Kier molecular flexibility index (Phi) is 7.76. The van der Waals surface area contributed by atoms with Crippen molar-refractivity contribution in [3.05, 3.63) is 174 Å². The van der Waals surface area contributed by atoms with Crippen molar-refractivity contribution >= 4 is 32.3 Å². The summed E-state index contributed by atoms with van der Waals surface area (Å²) in [4.78, 5) is 5.15. The van der Waals surface area contributed by atoms with E-state index in [2.05, 4.69) is 128 Å². The third-order valence-electron chi connectivity index (χ3n) is 10.3. The number of hydrogen-bond acceptors (Lipinski definition) is 4. The van der Waals surface area contributed by atoms with Crippen LogP contribution < -0.4 is 5.32 Å². The van der Waals surface area contributed by atoms with E-state index in [1.54, 1.807) is 0 Å². The molecule has 4 heteroatoms. The van der Waals surface area contributed by atoms with Gasteiger partial charge < -0.3 is 9.15 Å². The first-order chi connectivity index (χ1) is 24.7. The van der Waals surface area contributed by atoms with Crippen LogP contribution in [0.4, 0.5) is 0 Å². The van der Waals surface area contributed by atoms with Crippen LogP contribution in [0.15, 0.2) is 156 Å². The standard InChI is InChI=1S/C46H38N2O2/c1-31(45-47-43(34-17-4-2-5-18-34)44(50-45)35-19-6-3-7-20-35)48-46(28-14-22-33-16-10-13-25-41(33)46)49-30-37-29-36-21-9-11-23-38(36)40-27-26-32-15-8-12-24-39(32)42(37)40/h2-13,15-21,23-27,29,31,48H,14,22,28,30H2,1H3. The van der Waals surface area contributed by atoms with Crippen LogP contribution in [-0.4, -0.2) is 4.98 Å². The topological polar surface area (TPSA) is 47.3 Å². The molecule has 0 aliphatic heterocycles. The van der Waals surface area contributed by atoms with Gasteiger partial charge in [-0.15, -0.1) is 0 Å². The van der Waals surface area contributed by atoms with Crippen LogP contribution in [0, 0.1) is 0 Å². The van der Waals surface area contributed by atoms with Gasteiger partial charge in [-0.1, -0.05) is 146 Å². The average Bonchev–Trinajstić information content (AvgIpc) is 3.64. The maximum atomic E-state index is 7.31. The Bertz CT molecular complexity index is 2410. The first-order valence-electron chi connectivity index (χ1n) is 17.6. The first-order valence-corrected chi connectivity index (χ1v) is 17.6. The zero-order chi connectivity index (χ0) is 33.5. The number of ether oxygens (including phenoxy) is 1. The lowest BCUT2D eigenvalue weighted by Crippen LogP contribution is -2.48. The molecular formula is C46H38N2O2. The van der Waals surface area contributed by atoms with Gasteiger partial charge in [-0.25, -0.2) is 4.98 Å². The molecule has 7 aromatic carbocycles. The molecule has 0 saturated carbocycles. The zero-order valence-corrected chi connectivity index (χ0v) is 28.1. The van der Waals surface area contributed by atoms with E-state index in [-0.39, 0.29) is 6.04 Å². The highest BCUT2D eigenvalue weighted by molar-refractivity contribution is 6.18. The summed E-state index contributed by atoms with van der Waals surface area (Å²) in [7, 11) is 0. The summed E-state index contributed by atoms with van der Waals surface area (Å²) in [6.45, 7) is 2.58. The molecule has 244 valence electrons. The lowest BCUT2D eigenvalue weighted by molar-refractivity contribution is -0.107. The highest BCUT2D eigenvalue weighted by atomic mass is 16.5. The van der Waals surface area contributed by atoms with E-state index < -0.39 is 5.72 Å². The van der Waals surface area contributed by atoms with Crippen LogP contribution in [0.5, 0.6) is 0 Å². The van der Waals surface area contributed by atoms with E-state index in [9.17, 15) is 0 Å². The van der Waals surface area contributed by atoms with Gasteiger partial charge in [-0.2, -0.15) is 0 Å². The molecule has 0 amide bonds. The molecule has 0 spiro atoms. The number of rotatable bonds is 8. The van der Waals surface area contributed by atoms with Crippen LogP contribution in [0.1, 0.15) is 48.4 Å². The number of fused-ring (bicyclic) bond motifs is 6. The predicted octanol–water partition coefficient (Wildman–Crippen LogP) is 11.5. The second-order valence-electron chi connectivity index (χ2n) is 13.4. The quantitative estimate of drug-likeness (QED) is 0.131. The Hall–Kier alpha value is -5.55. The highest BCUT2D eigenvalue weighted by Gasteiger charge is 2.40. The Morgan fingerprint density at radius 1 is 0.700 bits per heavy atom. The van der Waals surface area contributed by atoms with E-state index in [4.69, 9.17) is 14.1 Å². The number of oxazole rings is 1. The third kappa shape index (κ3) is 5.38. The summed E-state index contributed by atoms with van der Waals surface area (Å²) in [5.74, 6) is 1.41. The maximum Gasteiger partial charge on any atom is 0.212 e. The molecule has 2 atom stereocenters. The summed E-state index contributed by atoms with van der Waals surface area (Å²) in [5, 5.41) is 11.4. The molecule has 1 heterocycles. The van der Waals surface area contributed by atoms with Crippen LogP contribution in [0.3, 0.4) is 0 Å². The summed E-state index contributed by atoms with van der Waals surface area (Å²) in [5.41, 5.74) is 5.81. The Labute approximate surface area is 292 Å². The lowest BCUT2D eigenvalue weighted by Gasteiger charge is -2.41. The van der Waals surface area contributed by atoms with E-state index in [1.807, 2.05) is 36.4 Å². The minimum absolute atomic E-state index is 0.241. The van der Waals surface area contributed by atoms with Gasteiger partial charge in [-0.3, -0.25) is 5.32 Å². The van der Waals surface area contributed by atoms with Crippen LogP contribution >= 0.6 is 0 Å². The van der Waals surface area contributed by atoms with Crippen molar-refractivity contribution in [3.63, 3.8) is 0 Å². The second kappa shape index (κ2) is 12.7. The second-order valence-corrected chi connectivity index (χ2v) is 13.4. The first kappa shape index (κ1) is 30.5. The van der Waals surface area contributed by atoms with E-state index in [0.29, 0.717) is 12.5 Å². The van der Waals surface area contributed by atoms with Gasteiger partial charge >= 0.3 is 0 Å². The normalized spacial score (nSPS) is 16.5. The van der Waals surface area contributed by atoms with Crippen molar-refractivity contribution in [2.45, 2.75) is 44.6 Å². The van der Waals surface area contributed by atoms with Crippen molar-refractivity contribution in [3.8, 4) is 22.6 Å².